The molecule has 3 N–H and O–H groups in total. The second kappa shape index (κ2) is 9.04. The summed E-state index contributed by atoms with van der Waals surface area (Å²) >= 11 is 0. The number of aromatic amines is 1. The number of nitrogens with one attached hydrogen (secondary N) is 2. The fraction of sp³-hybridized carbons (Fsp3) is 0.450. The van der Waals surface area contributed by atoms with Crippen LogP contribution in [0.25, 0.3) is 11.2 Å². The summed E-state index contributed by atoms with van der Waals surface area (Å²) in [5, 5.41) is 13.7. The van der Waals surface area contributed by atoms with Gasteiger partial charge in [-0.3, -0.25) is 14.3 Å². The minimum absolute atomic E-state index is 0.0132. The third kappa shape index (κ3) is 4.65. The summed E-state index contributed by atoms with van der Waals surface area (Å²) in [6, 6.07) is 7.01. The number of rotatable bonds is 9. The second-order valence-corrected chi connectivity index (χ2v) is 7.45. The maximum Gasteiger partial charge on any atom is 0.329 e. The molecule has 10 nitrogen and oxygen atoms in total. The Morgan fingerprint density at radius 3 is 2.50 bits per heavy atom. The predicted octanol–water partition coefficient (Wildman–Crippen LogP) is 0.940. The number of aryl methyl sites for hydroxylation is 1. The number of fused-ring (bicyclic) bond motifs is 1. The summed E-state index contributed by atoms with van der Waals surface area (Å²) in [6.07, 6.45) is -0.916. The van der Waals surface area contributed by atoms with Crippen molar-refractivity contribution in [3.8, 4) is 11.5 Å². The molecule has 0 saturated heterocycles. The van der Waals surface area contributed by atoms with Crippen LogP contribution >= 0.6 is 0 Å². The van der Waals surface area contributed by atoms with E-state index >= 15 is 0 Å². The molecule has 0 fully saturated rings. The summed E-state index contributed by atoms with van der Waals surface area (Å²) in [5.41, 5.74) is -0.637. The monoisotopic (exact) mass is 417 g/mol. The molecule has 0 radical (unpaired) electrons. The van der Waals surface area contributed by atoms with Gasteiger partial charge in [-0.15, -0.1) is 0 Å². The highest BCUT2D eigenvalue weighted by Crippen LogP contribution is 2.19. The average molecular weight is 417 g/mol. The van der Waals surface area contributed by atoms with Crippen molar-refractivity contribution in [1.82, 2.24) is 19.1 Å². The Balaban J connectivity index is 1.85. The summed E-state index contributed by atoms with van der Waals surface area (Å²) < 4.78 is 13.6. The highest BCUT2D eigenvalue weighted by molar-refractivity contribution is 5.74. The van der Waals surface area contributed by atoms with E-state index in [-0.39, 0.29) is 24.3 Å². The minimum Gasteiger partial charge on any atom is -0.497 e. The first-order valence-corrected chi connectivity index (χ1v) is 9.68. The molecule has 0 aliphatic carbocycles. The van der Waals surface area contributed by atoms with Crippen LogP contribution in [0.15, 0.2) is 33.9 Å². The van der Waals surface area contributed by atoms with Crippen LogP contribution in [0.4, 0.5) is 5.95 Å². The molecule has 0 amide bonds. The van der Waals surface area contributed by atoms with E-state index in [1.165, 1.54) is 11.6 Å². The van der Waals surface area contributed by atoms with Crippen molar-refractivity contribution in [2.24, 2.45) is 13.0 Å². The third-order valence-corrected chi connectivity index (χ3v) is 4.57. The van der Waals surface area contributed by atoms with Crippen LogP contribution < -0.4 is 26.0 Å². The molecule has 0 spiro atoms. The molecule has 3 aromatic rings. The van der Waals surface area contributed by atoms with Crippen molar-refractivity contribution in [3.05, 3.63) is 45.1 Å². The lowest BCUT2D eigenvalue weighted by atomic mass is 10.2. The van der Waals surface area contributed by atoms with Crippen LogP contribution in [-0.2, 0) is 13.6 Å². The molecule has 1 atom stereocenters. The number of aliphatic hydroxyl groups is 1. The second-order valence-electron chi connectivity index (χ2n) is 7.45. The fourth-order valence-corrected chi connectivity index (χ4v) is 2.97. The molecular formula is C20H27N5O5. The number of H-pyrrole nitrogens is 1. The van der Waals surface area contributed by atoms with Crippen LogP contribution in [0.2, 0.25) is 0 Å². The zero-order valence-corrected chi connectivity index (χ0v) is 17.5. The Morgan fingerprint density at radius 2 is 1.87 bits per heavy atom. The van der Waals surface area contributed by atoms with Crippen molar-refractivity contribution in [3.63, 3.8) is 0 Å². The number of hydrogen-bond acceptors (Lipinski definition) is 7. The van der Waals surface area contributed by atoms with Crippen LogP contribution in [0.5, 0.6) is 11.5 Å². The molecule has 162 valence electrons. The van der Waals surface area contributed by atoms with Gasteiger partial charge in [-0.1, -0.05) is 13.8 Å². The number of ether oxygens (including phenoxy) is 2. The van der Waals surface area contributed by atoms with E-state index < -0.39 is 17.4 Å². The number of benzene rings is 1. The average Bonchev–Trinajstić information content (AvgIpc) is 3.08. The van der Waals surface area contributed by atoms with E-state index in [0.717, 1.165) is 0 Å². The smallest absolute Gasteiger partial charge is 0.329 e. The quantitative estimate of drug-likeness (QED) is 0.473. The molecule has 3 rings (SSSR count). The number of anilines is 1. The lowest BCUT2D eigenvalue weighted by molar-refractivity contribution is 0.0938. The van der Waals surface area contributed by atoms with E-state index in [4.69, 9.17) is 9.47 Å². The molecule has 1 aromatic carbocycles. The molecule has 0 bridgehead atoms. The topological polar surface area (TPSA) is 123 Å². The summed E-state index contributed by atoms with van der Waals surface area (Å²) in [4.78, 5) is 31.1. The molecular weight excluding hydrogens is 390 g/mol. The molecule has 0 saturated carbocycles. The molecule has 0 aliphatic heterocycles. The number of methoxy groups -OCH3 is 1. The van der Waals surface area contributed by atoms with Gasteiger partial charge in [0.05, 0.1) is 13.7 Å². The van der Waals surface area contributed by atoms with Crippen LogP contribution in [0.1, 0.15) is 13.8 Å². The summed E-state index contributed by atoms with van der Waals surface area (Å²) in [7, 11) is 3.12. The van der Waals surface area contributed by atoms with Gasteiger partial charge in [0.1, 0.15) is 24.2 Å². The van der Waals surface area contributed by atoms with Crippen molar-refractivity contribution in [2.75, 3.05) is 25.6 Å². The standard InChI is InChI=1S/C20H27N5O5/c1-12(2)9-21-19-22-17-16(18(27)23-20(28)24(17)3)25(19)10-13(26)11-30-15-7-5-14(29-4)6-8-15/h5-8,12-13,26H,9-11H2,1-4H3,(H,21,22)(H,23,27,28)/t13-/m1/s1. The lowest BCUT2D eigenvalue weighted by Crippen LogP contribution is -2.31. The molecule has 10 heteroatoms. The van der Waals surface area contributed by atoms with E-state index in [1.807, 2.05) is 13.8 Å². The van der Waals surface area contributed by atoms with Crippen LogP contribution in [0, 0.1) is 5.92 Å². The highest BCUT2D eigenvalue weighted by atomic mass is 16.5. The normalized spacial score (nSPS) is 12.3. The predicted molar refractivity (Wildman–Crippen MR) is 113 cm³/mol. The van der Waals surface area contributed by atoms with Gasteiger partial charge >= 0.3 is 5.69 Å². The van der Waals surface area contributed by atoms with E-state index in [1.54, 1.807) is 35.9 Å². The van der Waals surface area contributed by atoms with Crippen molar-refractivity contribution in [1.29, 1.82) is 0 Å². The minimum atomic E-state index is -0.916. The van der Waals surface area contributed by atoms with Crippen molar-refractivity contribution < 1.29 is 14.6 Å². The zero-order chi connectivity index (χ0) is 21.8. The van der Waals surface area contributed by atoms with Crippen LogP contribution in [-0.4, -0.2) is 50.6 Å². The molecule has 2 aromatic heterocycles. The van der Waals surface area contributed by atoms with Gasteiger partial charge in [0, 0.05) is 13.6 Å². The number of imidazole rings is 1. The zero-order valence-electron chi connectivity index (χ0n) is 17.5. The largest absolute Gasteiger partial charge is 0.497 e. The Hall–Kier alpha value is -3.27. The maximum atomic E-state index is 12.5. The van der Waals surface area contributed by atoms with Gasteiger partial charge in [-0.2, -0.15) is 4.98 Å². The SMILES string of the molecule is COc1ccc(OC[C@H](O)Cn2c(NCC(C)C)nc3c2c(=O)[nH]c(=O)n3C)cc1. The third-order valence-electron chi connectivity index (χ3n) is 4.57. The van der Waals surface area contributed by atoms with Crippen LogP contribution in [0.3, 0.4) is 0 Å². The van der Waals surface area contributed by atoms with Gasteiger partial charge < -0.3 is 24.5 Å². The Labute approximate surface area is 173 Å². The Morgan fingerprint density at radius 1 is 1.20 bits per heavy atom. The first-order valence-electron chi connectivity index (χ1n) is 9.68. The van der Waals surface area contributed by atoms with Gasteiger partial charge in [0.2, 0.25) is 5.95 Å². The van der Waals surface area contributed by atoms with Crippen molar-refractivity contribution in [2.45, 2.75) is 26.5 Å². The van der Waals surface area contributed by atoms with Gasteiger partial charge in [-0.05, 0) is 30.2 Å². The fourth-order valence-electron chi connectivity index (χ4n) is 2.97. The molecule has 2 heterocycles. The molecule has 0 aliphatic rings. The first kappa shape index (κ1) is 21.4. The van der Waals surface area contributed by atoms with E-state index in [9.17, 15) is 14.7 Å². The number of hydrogen-bond donors (Lipinski definition) is 3. The molecule has 30 heavy (non-hydrogen) atoms. The summed E-state index contributed by atoms with van der Waals surface area (Å²) in [5.74, 6) is 2.04. The maximum absolute atomic E-state index is 12.5. The van der Waals surface area contributed by atoms with Gasteiger partial charge in [0.15, 0.2) is 11.2 Å². The highest BCUT2D eigenvalue weighted by Gasteiger charge is 2.20. The number of nitrogens with zero attached hydrogens (tertiary/aromatic N) is 3. The molecule has 0 unspecified atom stereocenters. The number of aromatic nitrogens is 4. The van der Waals surface area contributed by atoms with Gasteiger partial charge in [-0.25, -0.2) is 4.79 Å². The Bertz CT molecular complexity index is 1110. The van der Waals surface area contributed by atoms with E-state index in [0.29, 0.717) is 29.9 Å². The Kier molecular flexibility index (Phi) is 6.46. The lowest BCUT2D eigenvalue weighted by Gasteiger charge is -2.16. The number of aliphatic hydroxyl groups excluding tert-OH is 1. The summed E-state index contributed by atoms with van der Waals surface area (Å²) in [6.45, 7) is 4.78. The van der Waals surface area contributed by atoms with E-state index in [2.05, 4.69) is 15.3 Å². The van der Waals surface area contributed by atoms with Gasteiger partial charge in [0.25, 0.3) is 5.56 Å². The first-order chi connectivity index (χ1) is 14.3. The van der Waals surface area contributed by atoms with Crippen molar-refractivity contribution >= 4 is 17.1 Å².